The summed E-state index contributed by atoms with van der Waals surface area (Å²) in [4.78, 5) is 38.0. The maximum atomic E-state index is 12.7. The van der Waals surface area contributed by atoms with Gasteiger partial charge in [-0.2, -0.15) is 5.10 Å². The molecule has 0 aromatic heterocycles. The summed E-state index contributed by atoms with van der Waals surface area (Å²) < 4.78 is 0. The van der Waals surface area contributed by atoms with Gasteiger partial charge in [0.05, 0.1) is 5.69 Å². The molecule has 1 aliphatic rings. The van der Waals surface area contributed by atoms with E-state index in [9.17, 15) is 14.4 Å². The van der Waals surface area contributed by atoms with Gasteiger partial charge < -0.3 is 5.32 Å². The fraction of sp³-hybridized carbons (Fsp3) is 0.0556. The van der Waals surface area contributed by atoms with Crippen molar-refractivity contribution < 1.29 is 14.4 Å². The van der Waals surface area contributed by atoms with Crippen LogP contribution in [-0.2, 0) is 9.59 Å². The summed E-state index contributed by atoms with van der Waals surface area (Å²) in [6.45, 7) is 0. The van der Waals surface area contributed by atoms with Gasteiger partial charge in [0, 0.05) is 16.8 Å². The summed E-state index contributed by atoms with van der Waals surface area (Å²) in [5.74, 6) is -2.88. The Morgan fingerprint density at radius 2 is 1.81 bits per heavy atom. The van der Waals surface area contributed by atoms with Crippen LogP contribution in [-0.4, -0.2) is 29.0 Å². The van der Waals surface area contributed by atoms with Crippen LogP contribution in [0.1, 0.15) is 10.4 Å². The van der Waals surface area contributed by atoms with E-state index < -0.39 is 23.6 Å². The first-order chi connectivity index (χ1) is 13.0. The van der Waals surface area contributed by atoms with Crippen LogP contribution in [0.3, 0.4) is 0 Å². The zero-order valence-electron chi connectivity index (χ0n) is 13.8. The highest BCUT2D eigenvalue weighted by atomic mass is 35.5. The van der Waals surface area contributed by atoms with E-state index >= 15 is 0 Å². The molecule has 2 N–H and O–H groups in total. The fourth-order valence-corrected chi connectivity index (χ4v) is 2.80. The number of hydrogen-bond donors (Lipinski definition) is 2. The molecule has 2 aromatic rings. The minimum atomic E-state index is -1.22. The molecule has 0 spiro atoms. The second-order valence-corrected chi connectivity index (χ2v) is 6.33. The molecule has 0 unspecified atom stereocenters. The molecule has 1 fully saturated rings. The van der Waals surface area contributed by atoms with Crippen LogP contribution < -0.4 is 15.6 Å². The van der Waals surface area contributed by atoms with Crippen molar-refractivity contribution in [3.63, 3.8) is 0 Å². The number of halogens is 1. The third-order valence-corrected chi connectivity index (χ3v) is 4.25. The number of rotatable bonds is 4. The second kappa shape index (κ2) is 8.07. The number of hydrazone groups is 1. The van der Waals surface area contributed by atoms with Crippen LogP contribution in [0.5, 0.6) is 0 Å². The van der Waals surface area contributed by atoms with Gasteiger partial charge in [-0.15, -0.1) is 0 Å². The largest absolute Gasteiger partial charge is 0.301 e. The Morgan fingerprint density at radius 3 is 2.48 bits per heavy atom. The average Bonchev–Trinajstić information content (AvgIpc) is 2.65. The van der Waals surface area contributed by atoms with Gasteiger partial charge in [-0.05, 0) is 48.6 Å². The van der Waals surface area contributed by atoms with Crippen molar-refractivity contribution in [3.8, 4) is 0 Å². The molecule has 3 rings (SSSR count). The number of nitrogens with one attached hydrogen (secondary N) is 2. The summed E-state index contributed by atoms with van der Waals surface area (Å²) in [7, 11) is 0. The summed E-state index contributed by atoms with van der Waals surface area (Å²) in [5, 5.41) is 6.69. The summed E-state index contributed by atoms with van der Waals surface area (Å²) in [5.41, 5.74) is 3.14. The highest BCUT2D eigenvalue weighted by molar-refractivity contribution is 7.80. The second-order valence-electron chi connectivity index (χ2n) is 5.51. The lowest BCUT2D eigenvalue weighted by atomic mass is 10.1. The van der Waals surface area contributed by atoms with Gasteiger partial charge in [-0.3, -0.25) is 19.3 Å². The maximum absolute atomic E-state index is 12.7. The number of anilines is 1. The number of carbonyl (C=O) groups is 3. The van der Waals surface area contributed by atoms with E-state index in [0.29, 0.717) is 16.3 Å². The monoisotopic (exact) mass is 400 g/mol. The molecule has 0 saturated carbocycles. The first-order valence-corrected chi connectivity index (χ1v) is 8.59. The molecule has 0 bridgehead atoms. The van der Waals surface area contributed by atoms with Gasteiger partial charge in [0.2, 0.25) is 5.91 Å². The Labute approximate surface area is 165 Å². The van der Waals surface area contributed by atoms with Crippen LogP contribution in [0.2, 0.25) is 5.02 Å². The lowest BCUT2D eigenvalue weighted by molar-refractivity contribution is -0.130. The summed E-state index contributed by atoms with van der Waals surface area (Å²) >= 11 is 10.9. The Morgan fingerprint density at radius 1 is 1.15 bits per heavy atom. The third-order valence-electron chi connectivity index (χ3n) is 3.71. The molecule has 136 valence electrons. The van der Waals surface area contributed by atoms with Crippen LogP contribution >= 0.6 is 23.8 Å². The van der Waals surface area contributed by atoms with E-state index in [-0.39, 0.29) is 5.11 Å². The molecule has 7 nitrogen and oxygen atoms in total. The SMILES string of the molecule is O=C(N/N=C\[C@H]1C(=O)NC(=S)N(c2ccccc2)C1=O)c1ccc(Cl)cc1. The third kappa shape index (κ3) is 4.18. The van der Waals surface area contributed by atoms with Gasteiger partial charge in [-0.25, -0.2) is 5.43 Å². The molecule has 2 aromatic carbocycles. The van der Waals surface area contributed by atoms with Crippen LogP contribution in [0.25, 0.3) is 0 Å². The van der Waals surface area contributed by atoms with Gasteiger partial charge in [0.1, 0.15) is 0 Å². The van der Waals surface area contributed by atoms with E-state index in [1.54, 1.807) is 42.5 Å². The zero-order valence-corrected chi connectivity index (χ0v) is 15.3. The Balaban J connectivity index is 1.73. The molecule has 1 saturated heterocycles. The van der Waals surface area contributed by atoms with Crippen LogP contribution in [0, 0.1) is 5.92 Å². The molecule has 9 heteroatoms. The predicted octanol–water partition coefficient (Wildman–Crippen LogP) is 2.12. The van der Waals surface area contributed by atoms with E-state index in [4.69, 9.17) is 23.8 Å². The lowest BCUT2D eigenvalue weighted by Crippen LogP contribution is -2.58. The maximum Gasteiger partial charge on any atom is 0.271 e. The standard InChI is InChI=1S/C18H13ClN4O3S/c19-12-8-6-11(7-9-12)15(24)22-20-10-14-16(25)21-18(27)23(17(14)26)13-4-2-1-3-5-13/h1-10,14H,(H,22,24)(H,21,25,27)/b20-10-/t14-/m0/s1. The molecule has 27 heavy (non-hydrogen) atoms. The number of benzene rings is 2. The van der Waals surface area contributed by atoms with E-state index in [1.165, 1.54) is 17.0 Å². The average molecular weight is 401 g/mol. The van der Waals surface area contributed by atoms with E-state index in [0.717, 1.165) is 6.21 Å². The molecule has 1 aliphatic heterocycles. The number of thiocarbonyl (C=S) groups is 1. The molecule has 0 radical (unpaired) electrons. The Kier molecular flexibility index (Phi) is 5.58. The van der Waals surface area contributed by atoms with Crippen molar-refractivity contribution in [1.82, 2.24) is 10.7 Å². The van der Waals surface area contributed by atoms with Gasteiger partial charge >= 0.3 is 0 Å². The molecular weight excluding hydrogens is 388 g/mol. The van der Waals surface area contributed by atoms with Gasteiger partial charge in [-0.1, -0.05) is 29.8 Å². The van der Waals surface area contributed by atoms with E-state index in [1.807, 2.05) is 0 Å². The topological polar surface area (TPSA) is 90.9 Å². The smallest absolute Gasteiger partial charge is 0.271 e. The Bertz CT molecular complexity index is 931. The van der Waals surface area contributed by atoms with E-state index in [2.05, 4.69) is 15.8 Å². The molecule has 1 atom stereocenters. The summed E-state index contributed by atoms with van der Waals surface area (Å²) in [6.07, 6.45) is 1.07. The van der Waals surface area contributed by atoms with Crippen molar-refractivity contribution in [2.75, 3.05) is 4.90 Å². The summed E-state index contributed by atoms with van der Waals surface area (Å²) in [6, 6.07) is 14.9. The van der Waals surface area contributed by atoms with Crippen molar-refractivity contribution in [2.24, 2.45) is 11.0 Å². The first-order valence-electron chi connectivity index (χ1n) is 7.80. The lowest BCUT2D eigenvalue weighted by Gasteiger charge is -2.30. The highest BCUT2D eigenvalue weighted by Gasteiger charge is 2.38. The molecule has 0 aliphatic carbocycles. The minimum Gasteiger partial charge on any atom is -0.301 e. The number of nitrogens with zero attached hydrogens (tertiary/aromatic N) is 2. The number of amides is 3. The van der Waals surface area contributed by atoms with Crippen molar-refractivity contribution in [1.29, 1.82) is 0 Å². The fourth-order valence-electron chi connectivity index (χ4n) is 2.38. The number of carbonyl (C=O) groups excluding carboxylic acids is 3. The highest BCUT2D eigenvalue weighted by Crippen LogP contribution is 2.19. The molecule has 1 heterocycles. The molecular formula is C18H13ClN4O3S. The minimum absolute atomic E-state index is 0.00829. The van der Waals surface area contributed by atoms with Crippen molar-refractivity contribution >= 4 is 58.6 Å². The number of hydrogen-bond acceptors (Lipinski definition) is 5. The zero-order chi connectivity index (χ0) is 19.4. The quantitative estimate of drug-likeness (QED) is 0.356. The molecule has 3 amide bonds. The number of para-hydroxylation sites is 1. The van der Waals surface area contributed by atoms with Crippen LogP contribution in [0.4, 0.5) is 5.69 Å². The Hall–Kier alpha value is -3.10. The predicted molar refractivity (Wildman–Crippen MR) is 106 cm³/mol. The van der Waals surface area contributed by atoms with Gasteiger partial charge in [0.25, 0.3) is 11.8 Å². The normalized spacial score (nSPS) is 17.1. The van der Waals surface area contributed by atoms with Crippen molar-refractivity contribution in [2.45, 2.75) is 0 Å². The van der Waals surface area contributed by atoms with Crippen molar-refractivity contribution in [3.05, 3.63) is 65.2 Å². The van der Waals surface area contributed by atoms with Crippen LogP contribution in [0.15, 0.2) is 59.7 Å². The van der Waals surface area contributed by atoms with Gasteiger partial charge in [0.15, 0.2) is 11.0 Å². The first kappa shape index (κ1) is 18.7.